The average molecular weight is 364 g/mol. The third-order valence-corrected chi connectivity index (χ3v) is 5.28. The predicted molar refractivity (Wildman–Crippen MR) is 112 cm³/mol. The highest BCUT2D eigenvalue weighted by molar-refractivity contribution is 5.77. The molecule has 2 aliphatic heterocycles. The van der Waals surface area contributed by atoms with Crippen molar-refractivity contribution in [2.24, 2.45) is 0 Å². The maximum Gasteiger partial charge on any atom is 0.132 e. The summed E-state index contributed by atoms with van der Waals surface area (Å²) in [5.74, 6) is 1.93. The topological polar surface area (TPSA) is 49.4 Å². The fraction of sp³-hybridized carbons (Fsp3) is 0.409. The number of nitrogens with one attached hydrogen (secondary N) is 2. The molecule has 0 atom stereocenters. The van der Waals surface area contributed by atoms with Crippen molar-refractivity contribution in [3.05, 3.63) is 47.2 Å². The third kappa shape index (κ3) is 3.93. The summed E-state index contributed by atoms with van der Waals surface area (Å²) < 4.78 is 6.00. The Balaban J connectivity index is 1.70. The van der Waals surface area contributed by atoms with E-state index in [0.717, 1.165) is 61.2 Å². The highest BCUT2D eigenvalue weighted by Gasteiger charge is 2.21. The molecule has 0 amide bonds. The first-order chi connectivity index (χ1) is 13.1. The second-order valence-corrected chi connectivity index (χ2v) is 7.46. The normalized spacial score (nSPS) is 16.9. The van der Waals surface area contributed by atoms with Crippen LogP contribution in [0.25, 0.3) is 5.57 Å². The van der Waals surface area contributed by atoms with Gasteiger partial charge >= 0.3 is 0 Å². The molecule has 0 fully saturated rings. The SMILES string of the molecule is CNc1cc(C)nc(Nc2cc3c(c(C4=CCN(C)CCC4)c2)OCC3)c1. The van der Waals surface area contributed by atoms with Crippen molar-refractivity contribution < 1.29 is 4.74 Å². The molecule has 0 bridgehead atoms. The summed E-state index contributed by atoms with van der Waals surface area (Å²) in [6.45, 7) is 4.92. The van der Waals surface area contributed by atoms with Gasteiger partial charge in [0, 0.05) is 54.3 Å². The Morgan fingerprint density at radius 2 is 2.00 bits per heavy atom. The lowest BCUT2D eigenvalue weighted by molar-refractivity contribution is 0.356. The van der Waals surface area contributed by atoms with Gasteiger partial charge in [-0.25, -0.2) is 4.98 Å². The predicted octanol–water partition coefficient (Wildman–Crippen LogP) is 4.22. The molecule has 4 rings (SSSR count). The maximum absolute atomic E-state index is 6.00. The minimum absolute atomic E-state index is 0.769. The van der Waals surface area contributed by atoms with Gasteiger partial charge < -0.3 is 20.3 Å². The van der Waals surface area contributed by atoms with Crippen molar-refractivity contribution in [3.63, 3.8) is 0 Å². The average Bonchev–Trinajstić information content (AvgIpc) is 3.01. The first-order valence-electron chi connectivity index (χ1n) is 9.73. The number of likely N-dealkylation sites (N-methyl/N-ethyl adjacent to an activating group) is 1. The molecule has 2 aromatic rings. The summed E-state index contributed by atoms with van der Waals surface area (Å²) in [6.07, 6.45) is 5.60. The van der Waals surface area contributed by atoms with Crippen molar-refractivity contribution in [1.29, 1.82) is 0 Å². The molecule has 2 aliphatic rings. The van der Waals surface area contributed by atoms with E-state index < -0.39 is 0 Å². The van der Waals surface area contributed by atoms with Crippen LogP contribution in [0.4, 0.5) is 17.2 Å². The van der Waals surface area contributed by atoms with Crippen molar-refractivity contribution in [2.45, 2.75) is 26.2 Å². The van der Waals surface area contributed by atoms with Crippen molar-refractivity contribution in [2.75, 3.05) is 44.4 Å². The van der Waals surface area contributed by atoms with Gasteiger partial charge in [0.1, 0.15) is 11.6 Å². The van der Waals surface area contributed by atoms with Crippen LogP contribution in [0.2, 0.25) is 0 Å². The van der Waals surface area contributed by atoms with Crippen LogP contribution in [-0.4, -0.2) is 43.7 Å². The van der Waals surface area contributed by atoms with E-state index >= 15 is 0 Å². The standard InChI is InChI=1S/C22H28N4O/c1-15-11-18(23-2)14-21(24-15)25-19-12-17-7-10-27-22(17)20(13-19)16-5-4-8-26(3)9-6-16/h6,11-14H,4-5,7-10H2,1-3H3,(H2,23,24,25). The molecule has 0 radical (unpaired) electrons. The first-order valence-corrected chi connectivity index (χ1v) is 9.73. The fourth-order valence-electron chi connectivity index (χ4n) is 3.89. The Bertz CT molecular complexity index is 875. The molecule has 0 unspecified atom stereocenters. The van der Waals surface area contributed by atoms with Gasteiger partial charge in [-0.2, -0.15) is 0 Å². The number of fused-ring (bicyclic) bond motifs is 1. The summed E-state index contributed by atoms with van der Waals surface area (Å²) in [7, 11) is 4.11. The molecule has 27 heavy (non-hydrogen) atoms. The molecular weight excluding hydrogens is 336 g/mol. The number of anilines is 3. The van der Waals surface area contributed by atoms with Crippen LogP contribution < -0.4 is 15.4 Å². The summed E-state index contributed by atoms with van der Waals surface area (Å²) >= 11 is 0. The molecule has 1 aromatic heterocycles. The van der Waals surface area contributed by atoms with Gasteiger partial charge in [0.15, 0.2) is 0 Å². The Hall–Kier alpha value is -2.53. The summed E-state index contributed by atoms with van der Waals surface area (Å²) in [5.41, 5.74) is 7.05. The molecule has 142 valence electrons. The van der Waals surface area contributed by atoms with E-state index in [1.165, 1.54) is 23.1 Å². The van der Waals surface area contributed by atoms with Gasteiger partial charge in [0.05, 0.1) is 6.61 Å². The lowest BCUT2D eigenvalue weighted by Gasteiger charge is -2.15. The minimum Gasteiger partial charge on any atom is -0.492 e. The number of hydrogen-bond donors (Lipinski definition) is 2. The van der Waals surface area contributed by atoms with E-state index in [1.807, 2.05) is 26.1 Å². The Labute approximate surface area is 161 Å². The number of hydrogen-bond acceptors (Lipinski definition) is 5. The van der Waals surface area contributed by atoms with E-state index in [4.69, 9.17) is 4.74 Å². The lowest BCUT2D eigenvalue weighted by atomic mass is 9.97. The highest BCUT2D eigenvalue weighted by Crippen LogP contribution is 2.39. The molecule has 1 aromatic carbocycles. The molecule has 0 aliphatic carbocycles. The first kappa shape index (κ1) is 17.9. The number of rotatable bonds is 4. The van der Waals surface area contributed by atoms with E-state index in [2.05, 4.69) is 45.8 Å². The monoisotopic (exact) mass is 364 g/mol. The van der Waals surface area contributed by atoms with Gasteiger partial charge in [-0.3, -0.25) is 0 Å². The largest absolute Gasteiger partial charge is 0.492 e. The third-order valence-electron chi connectivity index (χ3n) is 5.28. The molecule has 5 heteroatoms. The fourth-order valence-corrected chi connectivity index (χ4v) is 3.89. The number of aryl methyl sites for hydroxylation is 1. The second-order valence-electron chi connectivity index (χ2n) is 7.46. The molecule has 2 N–H and O–H groups in total. The van der Waals surface area contributed by atoms with E-state index in [0.29, 0.717) is 0 Å². The van der Waals surface area contributed by atoms with Crippen LogP contribution in [0.15, 0.2) is 30.3 Å². The smallest absolute Gasteiger partial charge is 0.132 e. The molecule has 0 saturated heterocycles. The lowest BCUT2D eigenvalue weighted by Crippen LogP contribution is -2.17. The Kier molecular flexibility index (Phi) is 5.03. The molecular formula is C22H28N4O. The van der Waals surface area contributed by atoms with Crippen LogP contribution in [-0.2, 0) is 6.42 Å². The summed E-state index contributed by atoms with van der Waals surface area (Å²) in [4.78, 5) is 7.00. The van der Waals surface area contributed by atoms with Crippen molar-refractivity contribution >= 4 is 22.8 Å². The van der Waals surface area contributed by atoms with Crippen LogP contribution in [0, 0.1) is 6.92 Å². The van der Waals surface area contributed by atoms with Crippen LogP contribution in [0.3, 0.4) is 0 Å². The van der Waals surface area contributed by atoms with Crippen molar-refractivity contribution in [1.82, 2.24) is 9.88 Å². The zero-order valence-corrected chi connectivity index (χ0v) is 16.4. The van der Waals surface area contributed by atoms with Gasteiger partial charge in [0.2, 0.25) is 0 Å². The second kappa shape index (κ2) is 7.61. The molecule has 5 nitrogen and oxygen atoms in total. The zero-order chi connectivity index (χ0) is 18.8. The number of aromatic nitrogens is 1. The van der Waals surface area contributed by atoms with E-state index in [9.17, 15) is 0 Å². The zero-order valence-electron chi connectivity index (χ0n) is 16.4. The Morgan fingerprint density at radius 1 is 1.11 bits per heavy atom. The van der Waals surface area contributed by atoms with Crippen LogP contribution >= 0.6 is 0 Å². The van der Waals surface area contributed by atoms with Gasteiger partial charge in [-0.1, -0.05) is 6.08 Å². The van der Waals surface area contributed by atoms with Gasteiger partial charge in [-0.05, 0) is 57.1 Å². The molecule has 0 saturated carbocycles. The Morgan fingerprint density at radius 3 is 2.85 bits per heavy atom. The summed E-state index contributed by atoms with van der Waals surface area (Å²) in [6, 6.07) is 8.51. The summed E-state index contributed by atoms with van der Waals surface area (Å²) in [5, 5.41) is 6.70. The van der Waals surface area contributed by atoms with Crippen LogP contribution in [0.5, 0.6) is 5.75 Å². The number of pyridine rings is 1. The molecule has 0 spiro atoms. The van der Waals surface area contributed by atoms with E-state index in [-0.39, 0.29) is 0 Å². The number of allylic oxidation sites excluding steroid dienone is 1. The molecule has 3 heterocycles. The maximum atomic E-state index is 6.00. The number of nitrogens with zero attached hydrogens (tertiary/aromatic N) is 2. The quantitative estimate of drug-likeness (QED) is 0.851. The number of ether oxygens (including phenoxy) is 1. The van der Waals surface area contributed by atoms with Crippen LogP contribution in [0.1, 0.15) is 29.7 Å². The van der Waals surface area contributed by atoms with Gasteiger partial charge in [-0.15, -0.1) is 0 Å². The van der Waals surface area contributed by atoms with Gasteiger partial charge in [0.25, 0.3) is 0 Å². The highest BCUT2D eigenvalue weighted by atomic mass is 16.5. The number of benzene rings is 1. The van der Waals surface area contributed by atoms with E-state index in [1.54, 1.807) is 0 Å². The minimum atomic E-state index is 0.769. The van der Waals surface area contributed by atoms with Crippen molar-refractivity contribution in [3.8, 4) is 5.75 Å².